The molecule has 2 rings (SSSR count). The van der Waals surface area contributed by atoms with E-state index in [-0.39, 0.29) is 5.97 Å². The van der Waals surface area contributed by atoms with Gasteiger partial charge in [0.1, 0.15) is 4.88 Å². The molecule has 4 nitrogen and oxygen atoms in total. The zero-order valence-electron chi connectivity index (χ0n) is 7.27. The van der Waals surface area contributed by atoms with E-state index in [9.17, 15) is 4.79 Å². The van der Waals surface area contributed by atoms with Gasteiger partial charge in [-0.2, -0.15) is 0 Å². The van der Waals surface area contributed by atoms with Gasteiger partial charge in [0.15, 0.2) is 4.96 Å². The Kier molecular flexibility index (Phi) is 1.81. The van der Waals surface area contributed by atoms with Gasteiger partial charge in [-0.05, 0) is 6.92 Å². The minimum absolute atomic E-state index is 0.298. The van der Waals surface area contributed by atoms with Gasteiger partial charge >= 0.3 is 5.97 Å². The molecular weight excluding hydrogens is 188 g/mol. The average Bonchev–Trinajstić information content (AvgIpc) is 2.68. The van der Waals surface area contributed by atoms with E-state index in [2.05, 4.69) is 9.72 Å². The van der Waals surface area contributed by atoms with E-state index >= 15 is 0 Å². The molecule has 13 heavy (non-hydrogen) atoms. The number of hydrogen-bond donors (Lipinski definition) is 0. The molecule has 2 aromatic rings. The molecule has 5 heteroatoms. The molecule has 0 unspecified atom stereocenters. The van der Waals surface area contributed by atoms with Gasteiger partial charge in [0, 0.05) is 18.1 Å². The fourth-order valence-corrected chi connectivity index (χ4v) is 2.18. The fraction of sp³-hybridized carbons (Fsp3) is 0.250. The SMILES string of the molecule is COC(=O)c1sc2nccn2c1C. The van der Waals surface area contributed by atoms with Crippen LogP contribution in [-0.2, 0) is 4.74 Å². The van der Waals surface area contributed by atoms with Crippen molar-refractivity contribution in [2.24, 2.45) is 0 Å². The van der Waals surface area contributed by atoms with Crippen molar-refractivity contribution in [3.05, 3.63) is 23.0 Å². The number of carbonyl (C=O) groups excluding carboxylic acids is 1. The highest BCUT2D eigenvalue weighted by molar-refractivity contribution is 7.19. The Hall–Kier alpha value is -1.36. The van der Waals surface area contributed by atoms with Crippen LogP contribution in [0.5, 0.6) is 0 Å². The number of hydrogen-bond acceptors (Lipinski definition) is 4. The van der Waals surface area contributed by atoms with Gasteiger partial charge < -0.3 is 4.74 Å². The number of methoxy groups -OCH3 is 1. The number of aryl methyl sites for hydroxylation is 1. The third-order valence-corrected chi connectivity index (χ3v) is 3.01. The van der Waals surface area contributed by atoms with Crippen LogP contribution in [0.15, 0.2) is 12.4 Å². The normalized spacial score (nSPS) is 10.6. The Morgan fingerprint density at radius 1 is 1.69 bits per heavy atom. The molecule has 2 heterocycles. The molecular formula is C8H8N2O2S. The summed E-state index contributed by atoms with van der Waals surface area (Å²) in [5, 5.41) is 0. The molecule has 0 spiro atoms. The molecule has 2 aromatic heterocycles. The standard InChI is InChI=1S/C8H8N2O2S/c1-5-6(7(11)12-2)13-8-9-3-4-10(5)8/h3-4H,1-2H3. The van der Waals surface area contributed by atoms with Gasteiger partial charge in [-0.15, -0.1) is 0 Å². The fourth-order valence-electron chi connectivity index (χ4n) is 1.18. The lowest BCUT2D eigenvalue weighted by Crippen LogP contribution is -2.00. The molecule has 0 aliphatic carbocycles. The van der Waals surface area contributed by atoms with Crippen molar-refractivity contribution in [1.29, 1.82) is 0 Å². The number of nitrogens with zero attached hydrogens (tertiary/aromatic N) is 2. The third-order valence-electron chi connectivity index (χ3n) is 1.86. The summed E-state index contributed by atoms with van der Waals surface area (Å²) in [6.07, 6.45) is 3.54. The summed E-state index contributed by atoms with van der Waals surface area (Å²) in [7, 11) is 1.38. The summed E-state index contributed by atoms with van der Waals surface area (Å²) in [5.41, 5.74) is 0.879. The van der Waals surface area contributed by atoms with Crippen LogP contribution >= 0.6 is 11.3 Å². The number of aromatic nitrogens is 2. The molecule has 0 amide bonds. The highest BCUT2D eigenvalue weighted by Crippen LogP contribution is 2.21. The maximum Gasteiger partial charge on any atom is 0.349 e. The number of ether oxygens (including phenoxy) is 1. The summed E-state index contributed by atoms with van der Waals surface area (Å²) < 4.78 is 6.52. The van der Waals surface area contributed by atoms with Crippen LogP contribution in [0.2, 0.25) is 0 Å². The van der Waals surface area contributed by atoms with Crippen molar-refractivity contribution in [1.82, 2.24) is 9.38 Å². The highest BCUT2D eigenvalue weighted by atomic mass is 32.1. The zero-order chi connectivity index (χ0) is 9.42. The predicted octanol–water partition coefficient (Wildman–Crippen LogP) is 1.49. The largest absolute Gasteiger partial charge is 0.465 e. The van der Waals surface area contributed by atoms with Crippen molar-refractivity contribution >= 4 is 22.3 Å². The number of rotatable bonds is 1. The molecule has 0 radical (unpaired) electrons. The molecule has 0 aromatic carbocycles. The summed E-state index contributed by atoms with van der Waals surface area (Å²) in [6.45, 7) is 1.87. The quantitative estimate of drug-likeness (QED) is 0.649. The number of fused-ring (bicyclic) bond motifs is 1. The lowest BCUT2D eigenvalue weighted by molar-refractivity contribution is 0.0605. The molecule has 68 valence electrons. The van der Waals surface area contributed by atoms with Crippen molar-refractivity contribution in [3.8, 4) is 0 Å². The van der Waals surface area contributed by atoms with Gasteiger partial charge in [-0.1, -0.05) is 11.3 Å². The topological polar surface area (TPSA) is 43.6 Å². The molecule has 0 aliphatic heterocycles. The van der Waals surface area contributed by atoms with Gasteiger partial charge in [-0.3, -0.25) is 4.40 Å². The van der Waals surface area contributed by atoms with Crippen LogP contribution in [0.3, 0.4) is 0 Å². The van der Waals surface area contributed by atoms with Gasteiger partial charge in [0.25, 0.3) is 0 Å². The summed E-state index contributed by atoms with van der Waals surface area (Å²) in [5.74, 6) is -0.298. The van der Waals surface area contributed by atoms with Crippen LogP contribution in [0.25, 0.3) is 4.96 Å². The van der Waals surface area contributed by atoms with Gasteiger partial charge in [0.05, 0.1) is 7.11 Å². The molecule has 0 saturated heterocycles. The second kappa shape index (κ2) is 2.85. The number of imidazole rings is 1. The monoisotopic (exact) mass is 196 g/mol. The Morgan fingerprint density at radius 2 is 2.46 bits per heavy atom. The van der Waals surface area contributed by atoms with Crippen LogP contribution in [0.4, 0.5) is 0 Å². The number of carbonyl (C=O) groups is 1. The van der Waals surface area contributed by atoms with Gasteiger partial charge in [-0.25, -0.2) is 9.78 Å². The summed E-state index contributed by atoms with van der Waals surface area (Å²) in [6, 6.07) is 0. The Labute approximate surface area is 78.8 Å². The number of thiazole rings is 1. The van der Waals surface area contributed by atoms with Gasteiger partial charge in [0.2, 0.25) is 0 Å². The minimum Gasteiger partial charge on any atom is -0.465 e. The second-order valence-electron chi connectivity index (χ2n) is 2.59. The lowest BCUT2D eigenvalue weighted by Gasteiger charge is -1.95. The molecule has 0 aliphatic rings. The maximum atomic E-state index is 11.2. The third kappa shape index (κ3) is 1.12. The van der Waals surface area contributed by atoms with E-state index < -0.39 is 0 Å². The van der Waals surface area contributed by atoms with Crippen molar-refractivity contribution in [2.45, 2.75) is 6.92 Å². The molecule has 0 bridgehead atoms. The Bertz CT molecular complexity index is 458. The minimum atomic E-state index is -0.298. The molecule has 0 atom stereocenters. The van der Waals surface area contributed by atoms with Crippen molar-refractivity contribution in [2.75, 3.05) is 7.11 Å². The van der Waals surface area contributed by atoms with E-state index in [1.165, 1.54) is 18.4 Å². The van der Waals surface area contributed by atoms with E-state index in [1.54, 1.807) is 6.20 Å². The van der Waals surface area contributed by atoms with Crippen molar-refractivity contribution in [3.63, 3.8) is 0 Å². The first-order valence-electron chi connectivity index (χ1n) is 3.75. The van der Waals surface area contributed by atoms with E-state index in [1.807, 2.05) is 17.5 Å². The predicted molar refractivity (Wildman–Crippen MR) is 49.1 cm³/mol. The van der Waals surface area contributed by atoms with Crippen molar-refractivity contribution < 1.29 is 9.53 Å². The van der Waals surface area contributed by atoms with E-state index in [4.69, 9.17) is 0 Å². The zero-order valence-corrected chi connectivity index (χ0v) is 8.09. The first-order valence-corrected chi connectivity index (χ1v) is 4.56. The maximum absolute atomic E-state index is 11.2. The lowest BCUT2D eigenvalue weighted by atomic mass is 10.4. The smallest absolute Gasteiger partial charge is 0.349 e. The first-order chi connectivity index (χ1) is 6.24. The average molecular weight is 196 g/mol. The van der Waals surface area contributed by atoms with Crippen LogP contribution in [0.1, 0.15) is 15.4 Å². The molecule has 0 fully saturated rings. The van der Waals surface area contributed by atoms with Crippen LogP contribution < -0.4 is 0 Å². The second-order valence-corrected chi connectivity index (χ2v) is 3.57. The van der Waals surface area contributed by atoms with Crippen LogP contribution in [0, 0.1) is 6.92 Å². The van der Waals surface area contributed by atoms with Crippen LogP contribution in [-0.4, -0.2) is 22.5 Å². The highest BCUT2D eigenvalue weighted by Gasteiger charge is 2.15. The molecule has 0 N–H and O–H groups in total. The van der Waals surface area contributed by atoms with E-state index in [0.29, 0.717) is 4.88 Å². The summed E-state index contributed by atoms with van der Waals surface area (Å²) >= 11 is 1.34. The Morgan fingerprint density at radius 3 is 3.08 bits per heavy atom. The number of esters is 1. The molecule has 0 saturated carbocycles. The Balaban J connectivity index is 2.64. The van der Waals surface area contributed by atoms with E-state index in [0.717, 1.165) is 10.7 Å². The first kappa shape index (κ1) is 8.25. The summed E-state index contributed by atoms with van der Waals surface area (Å²) in [4.78, 5) is 16.8.